The van der Waals surface area contributed by atoms with E-state index in [4.69, 9.17) is 4.52 Å². The number of likely N-dealkylation sites (tertiary alicyclic amines) is 1. The van der Waals surface area contributed by atoms with Gasteiger partial charge in [0, 0.05) is 36.0 Å². The van der Waals surface area contributed by atoms with Crippen molar-refractivity contribution >= 4 is 17.0 Å². The lowest BCUT2D eigenvalue weighted by molar-refractivity contribution is -0.308. The summed E-state index contributed by atoms with van der Waals surface area (Å²) in [7, 11) is 0. The molecule has 35 heavy (non-hydrogen) atoms. The molecule has 3 aromatic rings. The molecule has 0 atom stereocenters. The van der Waals surface area contributed by atoms with Gasteiger partial charge >= 0.3 is 18.4 Å². The van der Waals surface area contributed by atoms with Crippen LogP contribution in [-0.2, 0) is 4.74 Å². The van der Waals surface area contributed by atoms with Gasteiger partial charge in [-0.25, -0.2) is 4.79 Å². The molecule has 8 nitrogen and oxygen atoms in total. The first-order chi connectivity index (χ1) is 16.3. The third-order valence-electron chi connectivity index (χ3n) is 5.70. The fraction of sp³-hybridized carbons (Fsp3) is 0.524. The molecule has 0 N–H and O–H groups in total. The number of aromatic nitrogens is 4. The van der Waals surface area contributed by atoms with Gasteiger partial charge in [0.2, 0.25) is 11.7 Å². The maximum absolute atomic E-state index is 12.7. The first-order valence-electron chi connectivity index (χ1n) is 10.7. The van der Waals surface area contributed by atoms with Gasteiger partial charge in [0.1, 0.15) is 0 Å². The molecule has 14 heteroatoms. The van der Waals surface area contributed by atoms with Crippen LogP contribution in [0.5, 0.6) is 0 Å². The van der Waals surface area contributed by atoms with E-state index in [0.29, 0.717) is 11.4 Å². The quantitative estimate of drug-likeness (QED) is 0.437. The van der Waals surface area contributed by atoms with Crippen LogP contribution < -0.4 is 0 Å². The number of carbonyl (C=O) groups is 1. The fourth-order valence-electron chi connectivity index (χ4n) is 3.91. The van der Waals surface area contributed by atoms with Gasteiger partial charge in [-0.15, -0.1) is 0 Å². The molecular weight excluding hydrogens is 484 g/mol. The zero-order valence-electron chi connectivity index (χ0n) is 18.6. The Morgan fingerprint density at radius 3 is 2.37 bits per heavy atom. The molecule has 1 amide bonds. The molecule has 4 rings (SSSR count). The van der Waals surface area contributed by atoms with Crippen molar-refractivity contribution in [2.45, 2.75) is 57.1 Å². The zero-order valence-corrected chi connectivity index (χ0v) is 18.6. The minimum atomic E-state index is -5.76. The highest BCUT2D eigenvalue weighted by molar-refractivity contribution is 5.83. The summed E-state index contributed by atoms with van der Waals surface area (Å²) in [5.74, 6) is 0.290. The largest absolute Gasteiger partial charge is 0.434 e. The van der Waals surface area contributed by atoms with Crippen LogP contribution in [0.25, 0.3) is 22.3 Å². The minimum Gasteiger partial charge on any atom is -0.426 e. The van der Waals surface area contributed by atoms with Gasteiger partial charge in [0.15, 0.2) is 0 Å². The van der Waals surface area contributed by atoms with Crippen LogP contribution in [0.1, 0.15) is 44.5 Å². The van der Waals surface area contributed by atoms with Crippen molar-refractivity contribution in [2.75, 3.05) is 13.1 Å². The molecule has 0 spiro atoms. The average Bonchev–Trinajstić information content (AvgIpc) is 3.43. The fourth-order valence-corrected chi connectivity index (χ4v) is 3.91. The van der Waals surface area contributed by atoms with Crippen molar-refractivity contribution in [2.24, 2.45) is 0 Å². The van der Waals surface area contributed by atoms with Crippen LogP contribution in [0.2, 0.25) is 0 Å². The maximum Gasteiger partial charge on any atom is 0.434 e. The Morgan fingerprint density at radius 2 is 1.77 bits per heavy atom. The molecule has 0 radical (unpaired) electrons. The molecule has 1 aromatic carbocycles. The molecule has 0 bridgehead atoms. The van der Waals surface area contributed by atoms with Gasteiger partial charge in [-0.2, -0.15) is 36.4 Å². The normalized spacial score (nSPS) is 16.0. The SMILES string of the molecule is CC(C)n1ncc2ccc(-c3noc(C4CCN(C(=O)OC(C(F)(F)F)C(F)(F)F)CC4)n3)cc21. The summed E-state index contributed by atoms with van der Waals surface area (Å²) < 4.78 is 86.9. The third-order valence-corrected chi connectivity index (χ3v) is 5.70. The number of nitrogens with zero attached hydrogens (tertiary/aromatic N) is 5. The lowest BCUT2D eigenvalue weighted by Gasteiger charge is -2.31. The van der Waals surface area contributed by atoms with Crippen molar-refractivity contribution in [3.63, 3.8) is 0 Å². The van der Waals surface area contributed by atoms with E-state index in [-0.39, 0.29) is 43.8 Å². The molecule has 2 aromatic heterocycles. The lowest BCUT2D eigenvalue weighted by atomic mass is 9.97. The van der Waals surface area contributed by atoms with Crippen molar-refractivity contribution in [3.8, 4) is 11.4 Å². The van der Waals surface area contributed by atoms with Gasteiger partial charge in [-0.05, 0) is 32.8 Å². The van der Waals surface area contributed by atoms with E-state index < -0.39 is 24.5 Å². The van der Waals surface area contributed by atoms with E-state index in [0.717, 1.165) is 15.8 Å². The standard InChI is InChI=1S/C21H21F6N5O3/c1-11(2)32-15-9-13(3-4-14(15)10-28-32)16-29-17(35-30-16)12-5-7-31(8-6-12)19(33)34-18(20(22,23)24)21(25,26)27/h3-4,9-12,18H,5-8H2,1-2H3. The predicted octanol–water partition coefficient (Wildman–Crippen LogP) is 5.48. The van der Waals surface area contributed by atoms with Crippen LogP contribution in [0, 0.1) is 0 Å². The summed E-state index contributed by atoms with van der Waals surface area (Å²) in [6, 6.07) is 5.72. The van der Waals surface area contributed by atoms with Crippen molar-refractivity contribution in [1.82, 2.24) is 24.8 Å². The Hall–Kier alpha value is -3.32. The number of ether oxygens (including phenoxy) is 1. The van der Waals surface area contributed by atoms with Crippen molar-refractivity contribution < 1.29 is 40.4 Å². The van der Waals surface area contributed by atoms with Gasteiger partial charge in [0.05, 0.1) is 11.7 Å². The first-order valence-corrected chi connectivity index (χ1v) is 10.7. The second kappa shape index (κ2) is 9.04. The van der Waals surface area contributed by atoms with Gasteiger partial charge < -0.3 is 14.2 Å². The molecule has 1 aliphatic heterocycles. The van der Waals surface area contributed by atoms with Crippen LogP contribution in [-0.4, -0.2) is 62.5 Å². The van der Waals surface area contributed by atoms with E-state index in [1.54, 1.807) is 6.20 Å². The third kappa shape index (κ3) is 5.20. The molecule has 0 unspecified atom stereocenters. The highest BCUT2D eigenvalue weighted by Gasteiger charge is 2.60. The summed E-state index contributed by atoms with van der Waals surface area (Å²) in [4.78, 5) is 17.2. The number of benzene rings is 1. The van der Waals surface area contributed by atoms with Crippen LogP contribution in [0.4, 0.5) is 31.1 Å². The average molecular weight is 505 g/mol. The summed E-state index contributed by atoms with van der Waals surface area (Å²) >= 11 is 0. The number of alkyl halides is 6. The predicted molar refractivity (Wildman–Crippen MR) is 109 cm³/mol. The minimum absolute atomic E-state index is 0.122. The molecule has 1 saturated heterocycles. The summed E-state index contributed by atoms with van der Waals surface area (Å²) in [6.45, 7) is 3.76. The number of halogens is 6. The van der Waals surface area contributed by atoms with Crippen LogP contribution in [0.15, 0.2) is 28.9 Å². The topological polar surface area (TPSA) is 86.3 Å². The van der Waals surface area contributed by atoms with Crippen LogP contribution in [0.3, 0.4) is 0 Å². The number of carbonyl (C=O) groups excluding carboxylic acids is 1. The van der Waals surface area contributed by atoms with E-state index in [1.807, 2.05) is 36.7 Å². The van der Waals surface area contributed by atoms with E-state index in [9.17, 15) is 31.1 Å². The summed E-state index contributed by atoms with van der Waals surface area (Å²) in [6.07, 6.45) is -15.2. The monoisotopic (exact) mass is 505 g/mol. The number of piperidine rings is 1. The smallest absolute Gasteiger partial charge is 0.426 e. The molecule has 3 heterocycles. The van der Waals surface area contributed by atoms with Crippen LogP contribution >= 0.6 is 0 Å². The molecule has 1 fully saturated rings. The number of hydrogen-bond acceptors (Lipinski definition) is 6. The van der Waals surface area contributed by atoms with Gasteiger partial charge in [-0.3, -0.25) is 4.68 Å². The first kappa shape index (κ1) is 24.8. The van der Waals surface area contributed by atoms with Crippen molar-refractivity contribution in [3.05, 3.63) is 30.3 Å². The van der Waals surface area contributed by atoms with E-state index in [2.05, 4.69) is 20.0 Å². The van der Waals surface area contributed by atoms with E-state index in [1.165, 1.54) is 0 Å². The maximum atomic E-state index is 12.7. The Bertz CT molecular complexity index is 1180. The Balaban J connectivity index is 1.41. The Kier molecular flexibility index (Phi) is 6.40. The molecule has 1 aliphatic rings. The number of amides is 1. The molecule has 0 aliphatic carbocycles. The summed E-state index contributed by atoms with van der Waals surface area (Å²) in [5.41, 5.74) is 1.59. The zero-order chi connectivity index (χ0) is 25.5. The molecule has 0 saturated carbocycles. The van der Waals surface area contributed by atoms with Crippen molar-refractivity contribution in [1.29, 1.82) is 0 Å². The summed E-state index contributed by atoms with van der Waals surface area (Å²) in [5, 5.41) is 9.31. The molecular formula is C21H21F6N5O3. The highest BCUT2D eigenvalue weighted by Crippen LogP contribution is 2.37. The Labute approximate surface area is 194 Å². The van der Waals surface area contributed by atoms with Gasteiger partial charge in [0.25, 0.3) is 6.10 Å². The second-order valence-corrected chi connectivity index (χ2v) is 8.52. The number of rotatable bonds is 4. The Morgan fingerprint density at radius 1 is 1.11 bits per heavy atom. The van der Waals surface area contributed by atoms with E-state index >= 15 is 0 Å². The number of hydrogen-bond donors (Lipinski definition) is 0. The second-order valence-electron chi connectivity index (χ2n) is 8.52. The lowest BCUT2D eigenvalue weighted by Crippen LogP contribution is -2.49. The van der Waals surface area contributed by atoms with Gasteiger partial charge in [-0.1, -0.05) is 17.3 Å². The molecule has 190 valence electrons. The number of fused-ring (bicyclic) bond motifs is 1. The highest BCUT2D eigenvalue weighted by atomic mass is 19.4.